The summed E-state index contributed by atoms with van der Waals surface area (Å²) in [5, 5.41) is 0. The molecule has 0 heterocycles. The van der Waals surface area contributed by atoms with Gasteiger partial charge in [0, 0.05) is 0 Å². The highest BCUT2D eigenvalue weighted by atomic mass is 19.4. The molecule has 6 rings (SSSR count). The highest BCUT2D eigenvalue weighted by Gasteiger charge is 2.72. The summed E-state index contributed by atoms with van der Waals surface area (Å²) in [5.41, 5.74) is 0.800. The fourth-order valence-corrected chi connectivity index (χ4v) is 8.21. The number of aryl methyl sites for hydroxylation is 1. The van der Waals surface area contributed by atoms with E-state index >= 15 is 26.3 Å². The molecule has 0 unspecified atom stereocenters. The van der Waals surface area contributed by atoms with Crippen LogP contribution in [-0.4, -0.2) is 12.4 Å². The van der Waals surface area contributed by atoms with Crippen LogP contribution in [0.1, 0.15) is 110 Å². The molecular formula is C53H54F6O2. The number of hydrogen-bond donors (Lipinski definition) is 0. The number of hydrogen-bond acceptors (Lipinski definition) is 2. The number of rotatable bonds is 16. The van der Waals surface area contributed by atoms with E-state index in [0.717, 1.165) is 77.9 Å². The van der Waals surface area contributed by atoms with E-state index in [0.29, 0.717) is 25.0 Å². The molecule has 0 aliphatic heterocycles. The topological polar surface area (TPSA) is 18.5 Å². The van der Waals surface area contributed by atoms with Crippen LogP contribution < -0.4 is 9.47 Å². The zero-order valence-electron chi connectivity index (χ0n) is 35.7. The van der Waals surface area contributed by atoms with Gasteiger partial charge in [0.1, 0.15) is 22.8 Å². The summed E-state index contributed by atoms with van der Waals surface area (Å²) in [7, 11) is 0. The van der Waals surface area contributed by atoms with Gasteiger partial charge in [0.05, 0.1) is 0 Å². The van der Waals surface area contributed by atoms with Crippen molar-refractivity contribution in [2.24, 2.45) is 0 Å². The molecule has 61 heavy (non-hydrogen) atoms. The molecule has 0 aromatic heterocycles. The second-order valence-corrected chi connectivity index (χ2v) is 16.3. The molecule has 0 saturated carbocycles. The Kier molecular flexibility index (Phi) is 13.5. The quantitative estimate of drug-likeness (QED) is 0.0904. The Morgan fingerprint density at radius 3 is 1.10 bits per heavy atom. The fourth-order valence-electron chi connectivity index (χ4n) is 8.21. The molecule has 0 amide bonds. The SMILES string of the molecule is CCC(C)(CC)c1ccc(Cc2ccc(Oc3ccc(C(c4ccc(OC(CC)(CC)c5ccc(Cc6ccc(C)cc6)cc5)cc4)(C(F)(F)F)C(F)(F)F)cc3)cc2)cc1. The van der Waals surface area contributed by atoms with Gasteiger partial charge in [-0.2, -0.15) is 26.3 Å². The molecule has 6 aromatic rings. The van der Waals surface area contributed by atoms with Gasteiger partial charge in [-0.25, -0.2) is 0 Å². The van der Waals surface area contributed by atoms with Gasteiger partial charge in [0.2, 0.25) is 5.41 Å². The Morgan fingerprint density at radius 1 is 0.393 bits per heavy atom. The minimum absolute atomic E-state index is 0.0997. The molecule has 0 atom stereocenters. The molecule has 0 aliphatic carbocycles. The van der Waals surface area contributed by atoms with E-state index in [2.05, 4.69) is 69.3 Å². The van der Waals surface area contributed by atoms with Crippen LogP contribution >= 0.6 is 0 Å². The summed E-state index contributed by atoms with van der Waals surface area (Å²) in [6.07, 6.45) is -6.92. The molecule has 8 heteroatoms. The second-order valence-electron chi connectivity index (χ2n) is 16.3. The number of benzene rings is 6. The Labute approximate surface area is 356 Å². The van der Waals surface area contributed by atoms with Crippen molar-refractivity contribution in [1.29, 1.82) is 0 Å². The van der Waals surface area contributed by atoms with Crippen LogP contribution in [0.4, 0.5) is 26.3 Å². The lowest BCUT2D eigenvalue weighted by atomic mass is 9.73. The molecule has 2 nitrogen and oxygen atoms in total. The first-order valence-electron chi connectivity index (χ1n) is 21.0. The van der Waals surface area contributed by atoms with E-state index in [1.807, 2.05) is 57.2 Å². The third kappa shape index (κ3) is 9.54. The second kappa shape index (κ2) is 18.2. The summed E-state index contributed by atoms with van der Waals surface area (Å²) in [6, 6.07) is 40.2. The van der Waals surface area contributed by atoms with Crippen molar-refractivity contribution >= 4 is 0 Å². The van der Waals surface area contributed by atoms with Crippen molar-refractivity contribution in [3.63, 3.8) is 0 Å². The zero-order valence-corrected chi connectivity index (χ0v) is 35.7. The molecule has 0 radical (unpaired) electrons. The molecule has 0 spiro atoms. The highest BCUT2D eigenvalue weighted by Crippen LogP contribution is 2.56. The molecular weight excluding hydrogens is 783 g/mol. The molecule has 0 fully saturated rings. The lowest BCUT2D eigenvalue weighted by molar-refractivity contribution is -0.288. The summed E-state index contributed by atoms with van der Waals surface area (Å²) < 4.78 is 103. The lowest BCUT2D eigenvalue weighted by Crippen LogP contribution is -2.54. The number of halogens is 6. The maximum atomic E-state index is 15.1. The van der Waals surface area contributed by atoms with Crippen molar-refractivity contribution in [1.82, 2.24) is 0 Å². The predicted molar refractivity (Wildman–Crippen MR) is 233 cm³/mol. The minimum atomic E-state index is -5.74. The van der Waals surface area contributed by atoms with Gasteiger partial charge in [-0.05, 0) is 132 Å². The lowest BCUT2D eigenvalue weighted by Gasteiger charge is -2.38. The van der Waals surface area contributed by atoms with Gasteiger partial charge in [-0.3, -0.25) is 0 Å². The predicted octanol–water partition coefficient (Wildman–Crippen LogP) is 15.6. The van der Waals surface area contributed by atoms with Crippen molar-refractivity contribution in [3.8, 4) is 17.2 Å². The average molecular weight is 837 g/mol. The van der Waals surface area contributed by atoms with Gasteiger partial charge in [-0.15, -0.1) is 0 Å². The van der Waals surface area contributed by atoms with E-state index in [-0.39, 0.29) is 16.9 Å². The third-order valence-corrected chi connectivity index (χ3v) is 12.7. The number of alkyl halides is 6. The molecule has 6 aromatic carbocycles. The molecule has 0 saturated heterocycles. The zero-order chi connectivity index (χ0) is 44.1. The Morgan fingerprint density at radius 2 is 0.721 bits per heavy atom. The molecule has 0 N–H and O–H groups in total. The fraction of sp³-hybridized carbons (Fsp3) is 0.321. The van der Waals surface area contributed by atoms with Crippen LogP contribution in [0.15, 0.2) is 146 Å². The van der Waals surface area contributed by atoms with Crippen LogP contribution in [0.3, 0.4) is 0 Å². The first-order chi connectivity index (χ1) is 29.0. The molecule has 320 valence electrons. The van der Waals surface area contributed by atoms with Crippen molar-refractivity contribution < 1.29 is 35.8 Å². The van der Waals surface area contributed by atoms with E-state index < -0.39 is 34.5 Å². The van der Waals surface area contributed by atoms with Gasteiger partial charge >= 0.3 is 12.4 Å². The van der Waals surface area contributed by atoms with Crippen molar-refractivity contribution in [2.75, 3.05) is 0 Å². The van der Waals surface area contributed by atoms with Crippen LogP contribution in [0.2, 0.25) is 0 Å². The Hall–Kier alpha value is -5.50. The summed E-state index contributed by atoms with van der Waals surface area (Å²) in [6.45, 7) is 12.6. The standard InChI is InChI=1S/C53H54F6O2/c1-7-49(6,8-2)42-21-15-39(16-22-42)36-41-19-29-46(30-20-41)60-47-31-25-44(26-32-47)51(52(54,55)56,53(57,58)59)45-27-33-48(34-28-45)61-50(9-3,10-4)43-23-17-40(18-24-43)35-38-13-11-37(5)12-14-38/h11-34H,7-10,35-36H2,1-6H3. The van der Waals surface area contributed by atoms with Crippen LogP contribution in [0, 0.1) is 6.92 Å². The summed E-state index contributed by atoms with van der Waals surface area (Å²) in [4.78, 5) is 0. The first-order valence-corrected chi connectivity index (χ1v) is 21.0. The van der Waals surface area contributed by atoms with Gasteiger partial charge in [0.15, 0.2) is 0 Å². The van der Waals surface area contributed by atoms with Gasteiger partial charge < -0.3 is 9.47 Å². The van der Waals surface area contributed by atoms with E-state index in [1.54, 1.807) is 12.1 Å². The van der Waals surface area contributed by atoms with E-state index in [1.165, 1.54) is 28.8 Å². The third-order valence-electron chi connectivity index (χ3n) is 12.7. The largest absolute Gasteiger partial charge is 0.483 e. The van der Waals surface area contributed by atoms with Gasteiger partial charge in [-0.1, -0.05) is 149 Å². The monoisotopic (exact) mass is 836 g/mol. The molecule has 0 aliphatic rings. The summed E-state index contributed by atoms with van der Waals surface area (Å²) in [5.74, 6) is 0.659. The minimum Gasteiger partial charge on any atom is -0.483 e. The van der Waals surface area contributed by atoms with Crippen LogP contribution in [0.5, 0.6) is 17.2 Å². The van der Waals surface area contributed by atoms with Crippen molar-refractivity contribution in [2.45, 2.75) is 109 Å². The van der Waals surface area contributed by atoms with Crippen molar-refractivity contribution in [3.05, 3.63) is 196 Å². The normalized spacial score (nSPS) is 12.7. The van der Waals surface area contributed by atoms with Crippen LogP contribution in [0.25, 0.3) is 0 Å². The molecule has 0 bridgehead atoms. The van der Waals surface area contributed by atoms with Gasteiger partial charge in [0.25, 0.3) is 0 Å². The van der Waals surface area contributed by atoms with E-state index in [9.17, 15) is 0 Å². The maximum absolute atomic E-state index is 15.1. The summed E-state index contributed by atoms with van der Waals surface area (Å²) >= 11 is 0. The number of ether oxygens (including phenoxy) is 2. The Balaban J connectivity index is 1.19. The van der Waals surface area contributed by atoms with Crippen LogP contribution in [-0.2, 0) is 29.3 Å². The average Bonchev–Trinajstić information content (AvgIpc) is 3.25. The smallest absolute Gasteiger partial charge is 0.411 e. The Bertz CT molecular complexity index is 2290. The highest BCUT2D eigenvalue weighted by molar-refractivity contribution is 5.48. The first kappa shape index (κ1) is 45.0. The van der Waals surface area contributed by atoms with E-state index in [4.69, 9.17) is 9.47 Å². The maximum Gasteiger partial charge on any atom is 0.411 e.